The maximum atomic E-state index is 12.9. The van der Waals surface area contributed by atoms with E-state index in [2.05, 4.69) is 14.9 Å². The first kappa shape index (κ1) is 17.4. The Morgan fingerprint density at radius 2 is 1.67 bits per heavy atom. The molecule has 0 spiro atoms. The van der Waals surface area contributed by atoms with Gasteiger partial charge in [-0.1, -0.05) is 12.1 Å². The molecule has 1 amide bonds. The summed E-state index contributed by atoms with van der Waals surface area (Å²) in [5.41, 5.74) is 4.27. The van der Waals surface area contributed by atoms with Gasteiger partial charge in [-0.15, -0.1) is 0 Å². The summed E-state index contributed by atoms with van der Waals surface area (Å²) in [6.07, 6.45) is 2.73. The van der Waals surface area contributed by atoms with Gasteiger partial charge in [-0.3, -0.25) is 14.8 Å². The van der Waals surface area contributed by atoms with E-state index in [4.69, 9.17) is 4.98 Å². The molecule has 6 nitrogen and oxygen atoms in total. The zero-order valence-electron chi connectivity index (χ0n) is 15.7. The fraction of sp³-hybridized carbons (Fsp3) is 0.333. The number of amides is 1. The van der Waals surface area contributed by atoms with Gasteiger partial charge in [-0.25, -0.2) is 4.98 Å². The highest BCUT2D eigenvalue weighted by Crippen LogP contribution is 2.18. The average Bonchev–Trinajstić information content (AvgIpc) is 2.92. The van der Waals surface area contributed by atoms with Crippen LogP contribution in [0, 0.1) is 13.8 Å². The lowest BCUT2D eigenvalue weighted by Crippen LogP contribution is -2.35. The maximum absolute atomic E-state index is 12.9. The first-order chi connectivity index (χ1) is 13.1. The molecule has 1 aliphatic rings. The van der Waals surface area contributed by atoms with Gasteiger partial charge in [-0.05, 0) is 44.5 Å². The van der Waals surface area contributed by atoms with Crippen molar-refractivity contribution < 1.29 is 4.79 Å². The molecule has 1 aromatic carbocycles. The highest BCUT2D eigenvalue weighted by molar-refractivity contribution is 5.94. The lowest BCUT2D eigenvalue weighted by atomic mass is 10.1. The van der Waals surface area contributed by atoms with E-state index in [9.17, 15) is 4.79 Å². The number of rotatable bonds is 2. The Kier molecular flexibility index (Phi) is 4.71. The predicted octanol–water partition coefficient (Wildman–Crippen LogP) is 2.99. The van der Waals surface area contributed by atoms with E-state index in [1.165, 1.54) is 0 Å². The minimum absolute atomic E-state index is 0.0787. The molecule has 0 atom stereocenters. The molecular formula is C21H23N5O. The third-order valence-electron chi connectivity index (χ3n) is 4.87. The monoisotopic (exact) mass is 361 g/mol. The molecule has 0 unspecified atom stereocenters. The summed E-state index contributed by atoms with van der Waals surface area (Å²) < 4.78 is 0. The summed E-state index contributed by atoms with van der Waals surface area (Å²) in [6.45, 7) is 6.89. The zero-order valence-corrected chi connectivity index (χ0v) is 15.7. The molecule has 138 valence electrons. The van der Waals surface area contributed by atoms with Crippen LogP contribution in [0.3, 0.4) is 0 Å². The minimum Gasteiger partial charge on any atom is -0.353 e. The molecule has 3 heterocycles. The number of aromatic nitrogens is 3. The molecule has 0 bridgehead atoms. The third-order valence-corrected chi connectivity index (χ3v) is 4.87. The number of fused-ring (bicyclic) bond motifs is 1. The smallest absolute Gasteiger partial charge is 0.254 e. The molecular weight excluding hydrogens is 338 g/mol. The molecule has 2 aromatic heterocycles. The van der Waals surface area contributed by atoms with Gasteiger partial charge in [0.25, 0.3) is 5.91 Å². The Bertz CT molecular complexity index is 967. The molecule has 4 rings (SSSR count). The summed E-state index contributed by atoms with van der Waals surface area (Å²) in [5, 5.41) is 0. The second-order valence-corrected chi connectivity index (χ2v) is 6.99. The highest BCUT2D eigenvalue weighted by Gasteiger charge is 2.21. The van der Waals surface area contributed by atoms with Gasteiger partial charge in [0.15, 0.2) is 0 Å². The number of para-hydroxylation sites is 2. The van der Waals surface area contributed by atoms with Crippen LogP contribution >= 0.6 is 0 Å². The number of hydrogen-bond donors (Lipinski definition) is 0. The van der Waals surface area contributed by atoms with Crippen molar-refractivity contribution in [1.82, 2.24) is 19.9 Å². The van der Waals surface area contributed by atoms with E-state index in [1.807, 2.05) is 61.3 Å². The van der Waals surface area contributed by atoms with Gasteiger partial charge in [0.2, 0.25) is 0 Å². The predicted molar refractivity (Wildman–Crippen MR) is 106 cm³/mol. The van der Waals surface area contributed by atoms with Crippen molar-refractivity contribution in [3.63, 3.8) is 0 Å². The number of benzene rings is 1. The molecule has 0 aliphatic carbocycles. The van der Waals surface area contributed by atoms with Crippen LogP contribution in [0.5, 0.6) is 0 Å². The summed E-state index contributed by atoms with van der Waals surface area (Å²) in [4.78, 5) is 30.7. The van der Waals surface area contributed by atoms with E-state index in [0.717, 1.165) is 59.9 Å². The molecule has 6 heteroatoms. The number of carbonyl (C=O) groups is 1. The zero-order chi connectivity index (χ0) is 18.8. The van der Waals surface area contributed by atoms with Crippen LogP contribution in [-0.2, 0) is 0 Å². The SMILES string of the molecule is Cc1cc(C(=O)N2CCCN(c3cnc4ccccc4n3)CC2)cc(C)n1. The van der Waals surface area contributed by atoms with Crippen LogP contribution < -0.4 is 4.90 Å². The number of nitrogens with zero attached hydrogens (tertiary/aromatic N) is 5. The molecule has 3 aromatic rings. The molecule has 1 saturated heterocycles. The Labute approximate surface area is 158 Å². The van der Waals surface area contributed by atoms with Crippen molar-refractivity contribution in [2.75, 3.05) is 31.1 Å². The van der Waals surface area contributed by atoms with Crippen LogP contribution in [0.4, 0.5) is 5.82 Å². The number of hydrogen-bond acceptors (Lipinski definition) is 5. The van der Waals surface area contributed by atoms with E-state index >= 15 is 0 Å². The highest BCUT2D eigenvalue weighted by atomic mass is 16.2. The fourth-order valence-corrected chi connectivity index (χ4v) is 3.59. The van der Waals surface area contributed by atoms with Gasteiger partial charge in [0.1, 0.15) is 5.82 Å². The number of pyridine rings is 1. The fourth-order valence-electron chi connectivity index (χ4n) is 3.59. The van der Waals surface area contributed by atoms with Gasteiger partial charge >= 0.3 is 0 Å². The van der Waals surface area contributed by atoms with Crippen LogP contribution in [-0.4, -0.2) is 51.9 Å². The van der Waals surface area contributed by atoms with Crippen molar-refractivity contribution in [2.24, 2.45) is 0 Å². The third kappa shape index (κ3) is 3.74. The summed E-state index contributed by atoms with van der Waals surface area (Å²) in [7, 11) is 0. The molecule has 1 aliphatic heterocycles. The summed E-state index contributed by atoms with van der Waals surface area (Å²) >= 11 is 0. The number of anilines is 1. The van der Waals surface area contributed by atoms with Crippen molar-refractivity contribution >= 4 is 22.8 Å². The molecule has 0 N–H and O–H groups in total. The summed E-state index contributed by atoms with van der Waals surface area (Å²) in [6, 6.07) is 11.6. The Hall–Kier alpha value is -3.02. The maximum Gasteiger partial charge on any atom is 0.254 e. The van der Waals surface area contributed by atoms with E-state index in [1.54, 1.807) is 0 Å². The normalized spacial score (nSPS) is 15.0. The van der Waals surface area contributed by atoms with E-state index < -0.39 is 0 Å². The summed E-state index contributed by atoms with van der Waals surface area (Å²) in [5.74, 6) is 0.952. The lowest BCUT2D eigenvalue weighted by molar-refractivity contribution is 0.0766. The van der Waals surface area contributed by atoms with Gasteiger partial charge in [-0.2, -0.15) is 0 Å². The molecule has 0 saturated carbocycles. The Morgan fingerprint density at radius 3 is 2.44 bits per heavy atom. The van der Waals surface area contributed by atoms with Crippen LogP contribution in [0.25, 0.3) is 11.0 Å². The topological polar surface area (TPSA) is 62.2 Å². The quantitative estimate of drug-likeness (QED) is 0.702. The number of aryl methyl sites for hydroxylation is 2. The minimum atomic E-state index is 0.0787. The Balaban J connectivity index is 1.50. The van der Waals surface area contributed by atoms with Crippen LogP contribution in [0.15, 0.2) is 42.6 Å². The van der Waals surface area contributed by atoms with Crippen LogP contribution in [0.1, 0.15) is 28.2 Å². The molecule has 27 heavy (non-hydrogen) atoms. The van der Waals surface area contributed by atoms with Crippen molar-refractivity contribution in [2.45, 2.75) is 20.3 Å². The second kappa shape index (κ2) is 7.31. The average molecular weight is 361 g/mol. The van der Waals surface area contributed by atoms with Crippen molar-refractivity contribution in [3.8, 4) is 0 Å². The Morgan fingerprint density at radius 1 is 0.926 bits per heavy atom. The first-order valence-electron chi connectivity index (χ1n) is 9.31. The van der Waals surface area contributed by atoms with Gasteiger partial charge in [0, 0.05) is 43.1 Å². The number of carbonyl (C=O) groups excluding carboxylic acids is 1. The van der Waals surface area contributed by atoms with Gasteiger partial charge in [0.05, 0.1) is 17.2 Å². The van der Waals surface area contributed by atoms with Crippen LogP contribution in [0.2, 0.25) is 0 Å². The van der Waals surface area contributed by atoms with E-state index in [-0.39, 0.29) is 5.91 Å². The standard InChI is InChI=1S/C21H23N5O/c1-15-12-17(13-16(2)23-15)21(27)26-9-5-8-25(10-11-26)20-14-22-18-6-3-4-7-19(18)24-20/h3-4,6-7,12-14H,5,8-11H2,1-2H3. The van der Waals surface area contributed by atoms with Crippen molar-refractivity contribution in [1.29, 1.82) is 0 Å². The van der Waals surface area contributed by atoms with Crippen molar-refractivity contribution in [3.05, 3.63) is 59.5 Å². The van der Waals surface area contributed by atoms with Gasteiger partial charge < -0.3 is 9.80 Å². The first-order valence-corrected chi connectivity index (χ1v) is 9.31. The largest absolute Gasteiger partial charge is 0.353 e. The molecule has 1 fully saturated rings. The second-order valence-electron chi connectivity index (χ2n) is 6.99. The lowest BCUT2D eigenvalue weighted by Gasteiger charge is -2.23. The van der Waals surface area contributed by atoms with E-state index in [0.29, 0.717) is 6.54 Å². The molecule has 0 radical (unpaired) electrons.